The standard InChI is InChI=1S/C21H16N2O/c1-14-13-18(17-10-4-5-11-20(17)22-14)21(24)23-19-12-6-8-15-7-2-3-9-16(15)19/h2-13H,1H3,(H,23,24). The Bertz CT molecular complexity index is 1060. The number of para-hydroxylation sites is 1. The van der Waals surface area contributed by atoms with E-state index in [9.17, 15) is 4.79 Å². The molecule has 3 heteroatoms. The lowest BCUT2D eigenvalue weighted by Crippen LogP contribution is -2.13. The van der Waals surface area contributed by atoms with Crippen LogP contribution in [0.15, 0.2) is 72.8 Å². The molecular formula is C21H16N2O. The molecule has 4 aromatic rings. The van der Waals surface area contributed by atoms with Crippen LogP contribution in [0.1, 0.15) is 16.1 Å². The number of benzene rings is 3. The molecule has 0 fully saturated rings. The number of pyridine rings is 1. The van der Waals surface area contributed by atoms with Crippen molar-refractivity contribution in [3.05, 3.63) is 84.1 Å². The number of nitrogens with one attached hydrogen (secondary N) is 1. The first-order valence-electron chi connectivity index (χ1n) is 7.88. The van der Waals surface area contributed by atoms with Crippen molar-refractivity contribution in [2.24, 2.45) is 0 Å². The molecule has 0 saturated carbocycles. The second-order valence-corrected chi connectivity index (χ2v) is 5.81. The SMILES string of the molecule is Cc1cc(C(=O)Nc2cccc3ccccc23)c2ccccc2n1. The van der Waals surface area contributed by atoms with Gasteiger partial charge in [-0.25, -0.2) is 0 Å². The Morgan fingerprint density at radius 3 is 2.46 bits per heavy atom. The third kappa shape index (κ3) is 2.50. The van der Waals surface area contributed by atoms with Gasteiger partial charge in [0.15, 0.2) is 0 Å². The number of anilines is 1. The fraction of sp³-hybridized carbons (Fsp3) is 0.0476. The fourth-order valence-corrected chi connectivity index (χ4v) is 3.02. The van der Waals surface area contributed by atoms with Crippen LogP contribution in [0.2, 0.25) is 0 Å². The lowest BCUT2D eigenvalue weighted by atomic mass is 10.1. The van der Waals surface area contributed by atoms with E-state index in [1.807, 2.05) is 79.7 Å². The molecule has 1 aromatic heterocycles. The molecule has 0 bridgehead atoms. The maximum atomic E-state index is 12.9. The van der Waals surface area contributed by atoms with Crippen LogP contribution in [0.5, 0.6) is 0 Å². The number of fused-ring (bicyclic) bond motifs is 2. The minimum Gasteiger partial charge on any atom is -0.321 e. The van der Waals surface area contributed by atoms with Gasteiger partial charge in [0.1, 0.15) is 0 Å². The van der Waals surface area contributed by atoms with Gasteiger partial charge in [0.05, 0.1) is 11.1 Å². The topological polar surface area (TPSA) is 42.0 Å². The molecule has 116 valence electrons. The van der Waals surface area contributed by atoms with E-state index in [4.69, 9.17) is 0 Å². The highest BCUT2D eigenvalue weighted by Crippen LogP contribution is 2.25. The largest absolute Gasteiger partial charge is 0.321 e. The first-order chi connectivity index (χ1) is 11.7. The average Bonchev–Trinajstić information content (AvgIpc) is 2.61. The molecule has 0 aliphatic rings. The number of nitrogens with zero attached hydrogens (tertiary/aromatic N) is 1. The number of carbonyl (C=O) groups excluding carboxylic acids is 1. The van der Waals surface area contributed by atoms with Crippen molar-refractivity contribution in [3.63, 3.8) is 0 Å². The summed E-state index contributed by atoms with van der Waals surface area (Å²) in [6, 6.07) is 23.5. The maximum Gasteiger partial charge on any atom is 0.256 e. The maximum absolute atomic E-state index is 12.9. The highest BCUT2D eigenvalue weighted by atomic mass is 16.1. The smallest absolute Gasteiger partial charge is 0.256 e. The third-order valence-electron chi connectivity index (χ3n) is 4.13. The quantitative estimate of drug-likeness (QED) is 0.569. The van der Waals surface area contributed by atoms with Gasteiger partial charge in [-0.3, -0.25) is 9.78 Å². The van der Waals surface area contributed by atoms with Crippen molar-refractivity contribution in [1.82, 2.24) is 4.98 Å². The van der Waals surface area contributed by atoms with Crippen molar-refractivity contribution in [2.75, 3.05) is 5.32 Å². The Morgan fingerprint density at radius 1 is 0.875 bits per heavy atom. The van der Waals surface area contributed by atoms with Gasteiger partial charge >= 0.3 is 0 Å². The van der Waals surface area contributed by atoms with Gasteiger partial charge < -0.3 is 5.32 Å². The summed E-state index contributed by atoms with van der Waals surface area (Å²) in [6.45, 7) is 1.90. The van der Waals surface area contributed by atoms with E-state index in [-0.39, 0.29) is 5.91 Å². The van der Waals surface area contributed by atoms with Crippen molar-refractivity contribution in [1.29, 1.82) is 0 Å². The van der Waals surface area contributed by atoms with Gasteiger partial charge in [-0.15, -0.1) is 0 Å². The highest BCUT2D eigenvalue weighted by Gasteiger charge is 2.13. The zero-order valence-corrected chi connectivity index (χ0v) is 13.3. The molecule has 3 nitrogen and oxygen atoms in total. The Morgan fingerprint density at radius 2 is 1.58 bits per heavy atom. The first kappa shape index (κ1) is 14.4. The van der Waals surface area contributed by atoms with Crippen LogP contribution in [0.3, 0.4) is 0 Å². The zero-order chi connectivity index (χ0) is 16.5. The molecule has 4 rings (SSSR count). The fourth-order valence-electron chi connectivity index (χ4n) is 3.02. The molecule has 24 heavy (non-hydrogen) atoms. The van der Waals surface area contributed by atoms with E-state index in [1.165, 1.54) is 0 Å². The Labute approximate surface area is 140 Å². The highest BCUT2D eigenvalue weighted by molar-refractivity contribution is 6.14. The third-order valence-corrected chi connectivity index (χ3v) is 4.13. The molecule has 0 aliphatic heterocycles. The number of aryl methyl sites for hydroxylation is 1. The van der Waals surface area contributed by atoms with Crippen molar-refractivity contribution < 1.29 is 4.79 Å². The summed E-state index contributed by atoms with van der Waals surface area (Å²) in [5, 5.41) is 6.05. The van der Waals surface area contributed by atoms with Crippen LogP contribution >= 0.6 is 0 Å². The molecule has 1 heterocycles. The molecule has 1 N–H and O–H groups in total. The van der Waals surface area contributed by atoms with Gasteiger partial charge in [0.2, 0.25) is 0 Å². The van der Waals surface area contributed by atoms with Gasteiger partial charge in [0.25, 0.3) is 5.91 Å². The van der Waals surface area contributed by atoms with E-state index in [0.717, 1.165) is 33.1 Å². The van der Waals surface area contributed by atoms with Gasteiger partial charge in [-0.1, -0.05) is 54.6 Å². The predicted molar refractivity (Wildman–Crippen MR) is 98.4 cm³/mol. The van der Waals surface area contributed by atoms with Crippen LogP contribution < -0.4 is 5.32 Å². The van der Waals surface area contributed by atoms with E-state index in [0.29, 0.717) is 5.56 Å². The van der Waals surface area contributed by atoms with Crippen LogP contribution in [-0.4, -0.2) is 10.9 Å². The first-order valence-corrected chi connectivity index (χ1v) is 7.88. The molecule has 0 atom stereocenters. The summed E-state index contributed by atoms with van der Waals surface area (Å²) in [5.41, 5.74) is 3.13. The number of aromatic nitrogens is 1. The number of amides is 1. The van der Waals surface area contributed by atoms with E-state index in [2.05, 4.69) is 10.3 Å². The Hall–Kier alpha value is -3.20. The van der Waals surface area contributed by atoms with Gasteiger partial charge in [-0.2, -0.15) is 0 Å². The molecule has 0 radical (unpaired) electrons. The number of hydrogen-bond donors (Lipinski definition) is 1. The van der Waals surface area contributed by atoms with Crippen molar-refractivity contribution in [3.8, 4) is 0 Å². The summed E-state index contributed by atoms with van der Waals surface area (Å²) < 4.78 is 0. The molecule has 0 aliphatic carbocycles. The molecular weight excluding hydrogens is 296 g/mol. The van der Waals surface area contributed by atoms with Crippen molar-refractivity contribution >= 4 is 33.3 Å². The van der Waals surface area contributed by atoms with E-state index >= 15 is 0 Å². The van der Waals surface area contributed by atoms with Crippen LogP contribution in [0.25, 0.3) is 21.7 Å². The average molecular weight is 312 g/mol. The summed E-state index contributed by atoms with van der Waals surface area (Å²) in [5.74, 6) is -0.118. The summed E-state index contributed by atoms with van der Waals surface area (Å²) in [6.07, 6.45) is 0. The zero-order valence-electron chi connectivity index (χ0n) is 13.3. The van der Waals surface area contributed by atoms with E-state index in [1.54, 1.807) is 0 Å². The van der Waals surface area contributed by atoms with Crippen LogP contribution in [0.4, 0.5) is 5.69 Å². The summed E-state index contributed by atoms with van der Waals surface area (Å²) in [7, 11) is 0. The Kier molecular flexibility index (Phi) is 3.47. The van der Waals surface area contributed by atoms with Gasteiger partial charge in [0, 0.05) is 22.2 Å². The minimum atomic E-state index is -0.118. The molecule has 0 saturated heterocycles. The summed E-state index contributed by atoms with van der Waals surface area (Å²) >= 11 is 0. The number of rotatable bonds is 2. The number of carbonyl (C=O) groups is 1. The lowest BCUT2D eigenvalue weighted by molar-refractivity contribution is 0.102. The Balaban J connectivity index is 1.80. The monoisotopic (exact) mass is 312 g/mol. The summed E-state index contributed by atoms with van der Waals surface area (Å²) in [4.78, 5) is 17.4. The van der Waals surface area contributed by atoms with E-state index < -0.39 is 0 Å². The lowest BCUT2D eigenvalue weighted by Gasteiger charge is -2.11. The van der Waals surface area contributed by atoms with Crippen LogP contribution in [-0.2, 0) is 0 Å². The van der Waals surface area contributed by atoms with Crippen LogP contribution in [0, 0.1) is 6.92 Å². The second kappa shape index (κ2) is 5.78. The molecule has 3 aromatic carbocycles. The normalized spacial score (nSPS) is 10.9. The molecule has 1 amide bonds. The van der Waals surface area contributed by atoms with Gasteiger partial charge in [-0.05, 0) is 30.5 Å². The number of hydrogen-bond acceptors (Lipinski definition) is 2. The molecule has 0 unspecified atom stereocenters. The minimum absolute atomic E-state index is 0.118. The van der Waals surface area contributed by atoms with Crippen molar-refractivity contribution in [2.45, 2.75) is 6.92 Å². The predicted octanol–water partition coefficient (Wildman–Crippen LogP) is 4.95. The molecule has 0 spiro atoms. The second-order valence-electron chi connectivity index (χ2n) is 5.81.